The molecule has 0 bridgehead atoms. The van der Waals surface area contributed by atoms with Gasteiger partial charge in [0.25, 0.3) is 5.91 Å². The number of carbonyl (C=O) groups excluding carboxylic acids is 1. The van der Waals surface area contributed by atoms with Crippen molar-refractivity contribution in [1.82, 2.24) is 0 Å². The van der Waals surface area contributed by atoms with Crippen molar-refractivity contribution in [3.05, 3.63) is 62.0 Å². The van der Waals surface area contributed by atoms with Crippen molar-refractivity contribution >= 4 is 49.5 Å². The molecule has 2 rings (SSSR count). The lowest BCUT2D eigenvalue weighted by Gasteiger charge is -2.12. The molecular formula is C20H18Br2N2O2. The van der Waals surface area contributed by atoms with Crippen molar-refractivity contribution < 1.29 is 9.53 Å². The van der Waals surface area contributed by atoms with E-state index in [1.807, 2.05) is 44.2 Å². The summed E-state index contributed by atoms with van der Waals surface area (Å²) in [6.07, 6.45) is 2.38. The smallest absolute Gasteiger partial charge is 0.266 e. The second-order valence-electron chi connectivity index (χ2n) is 5.64. The summed E-state index contributed by atoms with van der Waals surface area (Å²) < 4.78 is 7.34. The first kappa shape index (κ1) is 20.2. The summed E-state index contributed by atoms with van der Waals surface area (Å²) in [5.41, 5.74) is 2.38. The predicted molar refractivity (Wildman–Crippen MR) is 111 cm³/mol. The zero-order valence-electron chi connectivity index (χ0n) is 14.5. The van der Waals surface area contributed by atoms with Crippen LogP contribution in [0.1, 0.15) is 24.5 Å². The Balaban J connectivity index is 2.34. The highest BCUT2D eigenvalue weighted by atomic mass is 79.9. The van der Waals surface area contributed by atoms with Crippen molar-refractivity contribution in [2.24, 2.45) is 0 Å². The van der Waals surface area contributed by atoms with Crippen molar-refractivity contribution in [3.63, 3.8) is 0 Å². The molecule has 4 nitrogen and oxygen atoms in total. The first-order valence-electron chi connectivity index (χ1n) is 8.06. The normalized spacial score (nSPS) is 11.0. The van der Waals surface area contributed by atoms with E-state index in [2.05, 4.69) is 37.2 Å². The third-order valence-corrected chi connectivity index (χ3v) is 4.51. The summed E-state index contributed by atoms with van der Waals surface area (Å²) in [4.78, 5) is 12.5. The van der Waals surface area contributed by atoms with Gasteiger partial charge in [-0.05, 0) is 59.6 Å². The van der Waals surface area contributed by atoms with E-state index in [1.165, 1.54) is 6.08 Å². The van der Waals surface area contributed by atoms with Crippen LogP contribution in [0, 0.1) is 18.3 Å². The molecule has 0 heterocycles. The maximum Gasteiger partial charge on any atom is 0.266 e. The number of hydrogen-bond donors (Lipinski definition) is 1. The van der Waals surface area contributed by atoms with Gasteiger partial charge in [-0.25, -0.2) is 0 Å². The average molecular weight is 478 g/mol. The third-order valence-electron chi connectivity index (χ3n) is 3.46. The summed E-state index contributed by atoms with van der Waals surface area (Å²) >= 11 is 6.90. The number of nitriles is 1. The second kappa shape index (κ2) is 9.56. The van der Waals surface area contributed by atoms with Gasteiger partial charge in [0.15, 0.2) is 0 Å². The number of halogens is 2. The van der Waals surface area contributed by atoms with Crippen molar-refractivity contribution in [3.8, 4) is 11.8 Å². The highest BCUT2D eigenvalue weighted by Gasteiger charge is 2.14. The number of nitrogens with one attached hydrogen (secondary N) is 1. The SMILES string of the molecule is CCCOc1c(Br)cc(Br)cc1/C=C(\C#N)C(=O)Nc1ccc(C)cc1. The van der Waals surface area contributed by atoms with E-state index in [4.69, 9.17) is 4.74 Å². The quantitative estimate of drug-likeness (QED) is 0.419. The van der Waals surface area contributed by atoms with E-state index in [9.17, 15) is 10.1 Å². The van der Waals surface area contributed by atoms with Crippen LogP contribution in [0.5, 0.6) is 5.75 Å². The van der Waals surface area contributed by atoms with Crippen LogP contribution in [0.15, 0.2) is 50.9 Å². The number of anilines is 1. The molecule has 0 radical (unpaired) electrons. The fourth-order valence-corrected chi connectivity index (χ4v) is 3.56. The minimum Gasteiger partial charge on any atom is -0.492 e. The minimum absolute atomic E-state index is 0.00285. The van der Waals surface area contributed by atoms with Crippen LogP contribution in [0.3, 0.4) is 0 Å². The number of amides is 1. The van der Waals surface area contributed by atoms with Crippen LogP contribution in [-0.4, -0.2) is 12.5 Å². The highest BCUT2D eigenvalue weighted by Crippen LogP contribution is 2.34. The molecule has 0 fully saturated rings. The molecule has 2 aromatic carbocycles. The summed E-state index contributed by atoms with van der Waals surface area (Å²) in [7, 11) is 0. The monoisotopic (exact) mass is 476 g/mol. The number of aryl methyl sites for hydroxylation is 1. The van der Waals surface area contributed by atoms with Gasteiger partial charge >= 0.3 is 0 Å². The third kappa shape index (κ3) is 5.45. The lowest BCUT2D eigenvalue weighted by molar-refractivity contribution is -0.112. The number of hydrogen-bond acceptors (Lipinski definition) is 3. The Labute approximate surface area is 170 Å². The van der Waals surface area contributed by atoms with Crippen LogP contribution in [0.2, 0.25) is 0 Å². The molecule has 0 spiro atoms. The molecular weight excluding hydrogens is 460 g/mol. The van der Waals surface area contributed by atoms with Crippen LogP contribution in [0.25, 0.3) is 6.08 Å². The molecule has 0 aromatic heterocycles. The Bertz CT molecular complexity index is 869. The first-order valence-corrected chi connectivity index (χ1v) is 9.65. The molecule has 2 aromatic rings. The molecule has 134 valence electrons. The summed E-state index contributed by atoms with van der Waals surface area (Å²) in [6.45, 7) is 4.52. The molecule has 26 heavy (non-hydrogen) atoms. The average Bonchev–Trinajstić information content (AvgIpc) is 2.60. The molecule has 1 N–H and O–H groups in total. The van der Waals surface area contributed by atoms with Crippen LogP contribution < -0.4 is 10.1 Å². The van der Waals surface area contributed by atoms with Gasteiger partial charge in [0.1, 0.15) is 17.4 Å². The summed E-state index contributed by atoms with van der Waals surface area (Å²) in [6, 6.07) is 13.0. The number of rotatable bonds is 6. The van der Waals surface area contributed by atoms with Gasteiger partial charge < -0.3 is 10.1 Å². The number of nitrogens with zero attached hydrogens (tertiary/aromatic N) is 1. The van der Waals surface area contributed by atoms with E-state index in [0.717, 1.165) is 20.9 Å². The van der Waals surface area contributed by atoms with Gasteiger partial charge in [-0.2, -0.15) is 5.26 Å². The molecule has 0 atom stereocenters. The zero-order valence-corrected chi connectivity index (χ0v) is 17.6. The lowest BCUT2D eigenvalue weighted by Crippen LogP contribution is -2.13. The van der Waals surface area contributed by atoms with Crippen LogP contribution in [-0.2, 0) is 4.79 Å². The fourth-order valence-electron chi connectivity index (χ4n) is 2.18. The van der Waals surface area contributed by atoms with E-state index in [0.29, 0.717) is 23.6 Å². The highest BCUT2D eigenvalue weighted by molar-refractivity contribution is 9.11. The van der Waals surface area contributed by atoms with Gasteiger partial charge in [0.05, 0.1) is 11.1 Å². The largest absolute Gasteiger partial charge is 0.492 e. The predicted octanol–water partition coefficient (Wildman–Crippen LogP) is 5.85. The van der Waals surface area contributed by atoms with E-state index in [-0.39, 0.29) is 5.57 Å². The molecule has 0 unspecified atom stereocenters. The maximum atomic E-state index is 12.5. The van der Waals surface area contributed by atoms with Gasteiger partial charge in [-0.3, -0.25) is 4.79 Å². The fraction of sp³-hybridized carbons (Fsp3) is 0.200. The second-order valence-corrected chi connectivity index (χ2v) is 7.41. The van der Waals surface area contributed by atoms with Gasteiger partial charge in [-0.1, -0.05) is 40.5 Å². The molecule has 0 aliphatic heterocycles. The van der Waals surface area contributed by atoms with Crippen molar-refractivity contribution in [2.45, 2.75) is 20.3 Å². The number of carbonyl (C=O) groups is 1. The Hall–Kier alpha value is -2.10. The topological polar surface area (TPSA) is 62.1 Å². The van der Waals surface area contributed by atoms with Crippen molar-refractivity contribution in [1.29, 1.82) is 5.26 Å². The summed E-state index contributed by atoms with van der Waals surface area (Å²) in [5, 5.41) is 12.2. The molecule has 0 aliphatic carbocycles. The molecule has 0 saturated heterocycles. The van der Waals surface area contributed by atoms with E-state index in [1.54, 1.807) is 12.1 Å². The Morgan fingerprint density at radius 1 is 1.27 bits per heavy atom. The van der Waals surface area contributed by atoms with Gasteiger partial charge in [0, 0.05) is 15.7 Å². The number of ether oxygens (including phenoxy) is 1. The van der Waals surface area contributed by atoms with Crippen LogP contribution >= 0.6 is 31.9 Å². The Kier molecular flexibility index (Phi) is 7.43. The molecule has 0 saturated carbocycles. The summed E-state index contributed by atoms with van der Waals surface area (Å²) in [5.74, 6) is 0.139. The zero-order chi connectivity index (χ0) is 19.1. The number of benzene rings is 2. The first-order chi connectivity index (χ1) is 12.4. The van der Waals surface area contributed by atoms with Crippen LogP contribution in [0.4, 0.5) is 5.69 Å². The van der Waals surface area contributed by atoms with E-state index < -0.39 is 5.91 Å². The molecule has 0 aliphatic rings. The Morgan fingerprint density at radius 2 is 1.96 bits per heavy atom. The molecule has 6 heteroatoms. The Morgan fingerprint density at radius 3 is 2.58 bits per heavy atom. The lowest BCUT2D eigenvalue weighted by atomic mass is 10.1. The standard InChI is InChI=1S/C20H18Br2N2O2/c1-3-8-26-19-14(10-16(21)11-18(19)22)9-15(12-23)20(25)24-17-6-4-13(2)5-7-17/h4-7,9-11H,3,8H2,1-2H3,(H,24,25)/b15-9+. The maximum absolute atomic E-state index is 12.5. The van der Waals surface area contributed by atoms with Gasteiger partial charge in [0.2, 0.25) is 0 Å². The van der Waals surface area contributed by atoms with Crippen molar-refractivity contribution in [2.75, 3.05) is 11.9 Å². The molecule has 1 amide bonds. The minimum atomic E-state index is -0.464. The van der Waals surface area contributed by atoms with E-state index >= 15 is 0 Å². The van der Waals surface area contributed by atoms with Gasteiger partial charge in [-0.15, -0.1) is 0 Å².